The van der Waals surface area contributed by atoms with Crippen molar-refractivity contribution in [3.63, 3.8) is 0 Å². The van der Waals surface area contributed by atoms with E-state index in [9.17, 15) is 4.39 Å². The van der Waals surface area contributed by atoms with Gasteiger partial charge in [-0.15, -0.1) is 0 Å². The minimum atomic E-state index is -0.313. The number of rotatable bonds is 3. The zero-order chi connectivity index (χ0) is 18.3. The fourth-order valence-corrected chi connectivity index (χ4v) is 3.57. The van der Waals surface area contributed by atoms with E-state index in [1.54, 1.807) is 0 Å². The summed E-state index contributed by atoms with van der Waals surface area (Å²) in [6.45, 7) is 6.97. The van der Waals surface area contributed by atoms with Crippen LogP contribution in [0.25, 0.3) is 10.9 Å². The summed E-state index contributed by atoms with van der Waals surface area (Å²) in [7, 11) is 0. The molecule has 0 bridgehead atoms. The number of nitrogens with zero attached hydrogens (tertiary/aromatic N) is 6. The molecule has 1 aliphatic heterocycles. The minimum absolute atomic E-state index is 0.207. The summed E-state index contributed by atoms with van der Waals surface area (Å²) in [5.41, 5.74) is 0.707. The summed E-state index contributed by atoms with van der Waals surface area (Å²) >= 11 is 3.38. The number of aromatic nitrogens is 4. The highest BCUT2D eigenvalue weighted by atomic mass is 79.9. The van der Waals surface area contributed by atoms with Gasteiger partial charge in [-0.05, 0) is 33.2 Å². The van der Waals surface area contributed by atoms with E-state index >= 15 is 0 Å². The van der Waals surface area contributed by atoms with Crippen LogP contribution in [0.15, 0.2) is 27.5 Å². The van der Waals surface area contributed by atoms with Gasteiger partial charge in [0.25, 0.3) is 5.95 Å². The molecule has 1 saturated heterocycles. The molecule has 3 aromatic rings. The average molecular weight is 421 g/mol. The Balaban J connectivity index is 1.55. The van der Waals surface area contributed by atoms with Crippen LogP contribution in [0.2, 0.25) is 0 Å². The van der Waals surface area contributed by atoms with E-state index in [-0.39, 0.29) is 11.7 Å². The Labute approximate surface area is 158 Å². The maximum Gasteiger partial charge on any atom is 0.266 e. The van der Waals surface area contributed by atoms with E-state index in [1.165, 1.54) is 18.5 Å². The summed E-state index contributed by atoms with van der Waals surface area (Å²) in [6.07, 6.45) is 1.51. The van der Waals surface area contributed by atoms with Gasteiger partial charge in [0.2, 0.25) is 5.89 Å². The molecule has 3 heterocycles. The Morgan fingerprint density at radius 2 is 1.85 bits per heavy atom. The molecular weight excluding hydrogens is 403 g/mol. The van der Waals surface area contributed by atoms with Crippen LogP contribution in [0.5, 0.6) is 0 Å². The van der Waals surface area contributed by atoms with Gasteiger partial charge in [-0.2, -0.15) is 4.98 Å². The monoisotopic (exact) mass is 420 g/mol. The largest absolute Gasteiger partial charge is 0.352 e. The van der Waals surface area contributed by atoms with Gasteiger partial charge >= 0.3 is 0 Å². The van der Waals surface area contributed by atoms with Gasteiger partial charge in [0.05, 0.1) is 5.52 Å². The lowest BCUT2D eigenvalue weighted by atomic mass is 10.2. The van der Waals surface area contributed by atoms with Crippen molar-refractivity contribution in [2.75, 3.05) is 36.0 Å². The summed E-state index contributed by atoms with van der Waals surface area (Å²) < 4.78 is 19.8. The molecule has 0 unspecified atom stereocenters. The van der Waals surface area contributed by atoms with E-state index in [0.717, 1.165) is 32.0 Å². The fourth-order valence-electron chi connectivity index (χ4n) is 3.04. The van der Waals surface area contributed by atoms with Gasteiger partial charge in [-0.1, -0.05) is 13.8 Å². The van der Waals surface area contributed by atoms with Gasteiger partial charge in [-0.25, -0.2) is 14.4 Å². The van der Waals surface area contributed by atoms with Crippen LogP contribution in [0.1, 0.15) is 25.7 Å². The number of benzene rings is 1. The number of piperazine rings is 1. The van der Waals surface area contributed by atoms with E-state index in [1.807, 2.05) is 13.8 Å². The molecular formula is C17H18BrFN6O. The number of hydrogen-bond acceptors (Lipinski definition) is 7. The lowest BCUT2D eigenvalue weighted by molar-refractivity contribution is 0.364. The molecule has 0 aliphatic carbocycles. The molecule has 0 amide bonds. The third kappa shape index (κ3) is 3.11. The first kappa shape index (κ1) is 17.1. The van der Waals surface area contributed by atoms with E-state index in [2.05, 4.69) is 45.8 Å². The van der Waals surface area contributed by atoms with Crippen LogP contribution >= 0.6 is 15.9 Å². The third-order valence-corrected chi connectivity index (χ3v) is 5.03. The number of hydrogen-bond donors (Lipinski definition) is 0. The molecule has 9 heteroatoms. The predicted molar refractivity (Wildman–Crippen MR) is 100 cm³/mol. The quantitative estimate of drug-likeness (QED) is 0.642. The Morgan fingerprint density at radius 3 is 2.54 bits per heavy atom. The molecule has 0 spiro atoms. The van der Waals surface area contributed by atoms with Gasteiger partial charge in [0.15, 0.2) is 0 Å². The summed E-state index contributed by atoms with van der Waals surface area (Å²) in [5.74, 6) is 1.90. The highest BCUT2D eigenvalue weighted by molar-refractivity contribution is 9.10. The Bertz CT molecular complexity index is 938. The van der Waals surface area contributed by atoms with Gasteiger partial charge in [-0.3, -0.25) is 0 Å². The molecule has 1 aromatic carbocycles. The van der Waals surface area contributed by atoms with Crippen molar-refractivity contribution in [1.82, 2.24) is 20.1 Å². The molecule has 2 aromatic heterocycles. The lowest BCUT2D eigenvalue weighted by Crippen LogP contribution is -2.47. The molecule has 0 radical (unpaired) electrons. The second kappa shape index (κ2) is 6.79. The van der Waals surface area contributed by atoms with Crippen molar-refractivity contribution in [3.05, 3.63) is 34.6 Å². The minimum Gasteiger partial charge on any atom is -0.352 e. The highest BCUT2D eigenvalue weighted by Gasteiger charge is 2.24. The van der Waals surface area contributed by atoms with E-state index < -0.39 is 0 Å². The molecule has 1 fully saturated rings. The standard InChI is InChI=1S/C17H18BrFN6O/c1-10(2)16-22-17(23-26-16)25-5-3-24(4-6-25)15-12-7-11(19)8-13(18)14(12)20-9-21-15/h7-10H,3-6H2,1-2H3. The second-order valence-electron chi connectivity index (χ2n) is 6.54. The van der Waals surface area contributed by atoms with E-state index in [4.69, 9.17) is 4.52 Å². The molecule has 1 aliphatic rings. The first-order valence-corrected chi connectivity index (χ1v) is 9.25. The molecule has 7 nitrogen and oxygen atoms in total. The molecule has 0 saturated carbocycles. The normalized spacial score (nSPS) is 15.3. The highest BCUT2D eigenvalue weighted by Crippen LogP contribution is 2.30. The van der Waals surface area contributed by atoms with Crippen molar-refractivity contribution < 1.29 is 8.91 Å². The van der Waals surface area contributed by atoms with Crippen molar-refractivity contribution in [3.8, 4) is 0 Å². The maximum atomic E-state index is 13.9. The SMILES string of the molecule is CC(C)c1nc(N2CCN(c3ncnc4c(Br)cc(F)cc34)CC2)no1. The number of fused-ring (bicyclic) bond motifs is 1. The predicted octanol–water partition coefficient (Wildman–Crippen LogP) is 3.36. The van der Waals surface area contributed by atoms with Crippen LogP contribution in [0.4, 0.5) is 16.2 Å². The zero-order valence-corrected chi connectivity index (χ0v) is 16.1. The number of halogens is 2. The van der Waals surface area contributed by atoms with Crippen LogP contribution in [0, 0.1) is 5.82 Å². The maximum absolute atomic E-state index is 13.9. The first-order chi connectivity index (χ1) is 12.5. The van der Waals surface area contributed by atoms with Crippen molar-refractivity contribution >= 4 is 38.6 Å². The Morgan fingerprint density at radius 1 is 1.12 bits per heavy atom. The smallest absolute Gasteiger partial charge is 0.266 e. The van der Waals surface area contributed by atoms with Crippen molar-refractivity contribution in [1.29, 1.82) is 0 Å². The summed E-state index contributed by atoms with van der Waals surface area (Å²) in [6, 6.07) is 2.90. The fraction of sp³-hybridized carbons (Fsp3) is 0.412. The van der Waals surface area contributed by atoms with Gasteiger partial charge in [0.1, 0.15) is 18.0 Å². The number of anilines is 2. The average Bonchev–Trinajstić information content (AvgIpc) is 3.12. The van der Waals surface area contributed by atoms with E-state index in [0.29, 0.717) is 27.2 Å². The molecule has 26 heavy (non-hydrogen) atoms. The summed E-state index contributed by atoms with van der Waals surface area (Å²) in [5, 5.41) is 4.78. The molecule has 4 rings (SSSR count). The molecule has 136 valence electrons. The Hall–Kier alpha value is -2.29. The first-order valence-electron chi connectivity index (χ1n) is 8.46. The molecule has 0 N–H and O–H groups in total. The van der Waals surface area contributed by atoms with Crippen molar-refractivity contribution in [2.45, 2.75) is 19.8 Å². The third-order valence-electron chi connectivity index (χ3n) is 4.42. The Kier molecular flexibility index (Phi) is 4.47. The van der Waals surface area contributed by atoms with Crippen LogP contribution in [0.3, 0.4) is 0 Å². The van der Waals surface area contributed by atoms with Crippen LogP contribution in [-0.2, 0) is 0 Å². The lowest BCUT2D eigenvalue weighted by Gasteiger charge is -2.35. The second-order valence-corrected chi connectivity index (χ2v) is 7.40. The summed E-state index contributed by atoms with van der Waals surface area (Å²) in [4.78, 5) is 17.3. The van der Waals surface area contributed by atoms with Gasteiger partial charge in [0, 0.05) is 42.0 Å². The van der Waals surface area contributed by atoms with Crippen LogP contribution in [-0.4, -0.2) is 46.3 Å². The topological polar surface area (TPSA) is 71.2 Å². The molecule has 0 atom stereocenters. The van der Waals surface area contributed by atoms with Gasteiger partial charge < -0.3 is 14.3 Å². The van der Waals surface area contributed by atoms with Crippen molar-refractivity contribution in [2.24, 2.45) is 0 Å². The van der Waals surface area contributed by atoms with Crippen LogP contribution < -0.4 is 9.80 Å². The zero-order valence-electron chi connectivity index (χ0n) is 14.5.